The van der Waals surface area contributed by atoms with Crippen LogP contribution < -0.4 is 0 Å². The molecule has 0 radical (unpaired) electrons. The molecule has 128 valence electrons. The van der Waals surface area contributed by atoms with Crippen molar-refractivity contribution in [2.45, 2.75) is 53.6 Å². The molecule has 0 spiro atoms. The van der Waals surface area contributed by atoms with Crippen LogP contribution in [0.1, 0.15) is 39.1 Å². The molecule has 2 aromatic rings. The topological polar surface area (TPSA) is 70.7 Å². The lowest BCUT2D eigenvalue weighted by Crippen LogP contribution is -2.11. The minimum atomic E-state index is 0.597. The van der Waals surface area contributed by atoms with Gasteiger partial charge in [0.25, 0.3) is 0 Å². The van der Waals surface area contributed by atoms with E-state index in [0.29, 0.717) is 25.0 Å². The van der Waals surface area contributed by atoms with Crippen LogP contribution >= 0.6 is 0 Å². The van der Waals surface area contributed by atoms with Crippen molar-refractivity contribution in [1.29, 1.82) is 0 Å². The molecule has 7 heteroatoms. The quantitative estimate of drug-likeness (QED) is 0.626. The molecule has 0 unspecified atom stereocenters. The number of rotatable bonds is 10. The van der Waals surface area contributed by atoms with Gasteiger partial charge in [0.2, 0.25) is 0 Å². The van der Waals surface area contributed by atoms with E-state index in [1.807, 2.05) is 21.8 Å². The Bertz CT molecular complexity index is 524. The SMILES string of the molecule is CC(C)Cc1cn(CCOCCn2cc(CC(C)C)nn2)nn1. The number of hydrogen-bond donors (Lipinski definition) is 0. The fraction of sp³-hybridized carbons (Fsp3) is 0.750. The summed E-state index contributed by atoms with van der Waals surface area (Å²) in [4.78, 5) is 0. The summed E-state index contributed by atoms with van der Waals surface area (Å²) in [5, 5.41) is 16.6. The second-order valence-electron chi connectivity index (χ2n) is 6.75. The molecule has 0 aliphatic heterocycles. The van der Waals surface area contributed by atoms with E-state index < -0.39 is 0 Å². The smallest absolute Gasteiger partial charge is 0.0829 e. The summed E-state index contributed by atoms with van der Waals surface area (Å²) in [6.45, 7) is 11.4. The molecule has 0 aliphatic rings. The van der Waals surface area contributed by atoms with E-state index in [0.717, 1.165) is 37.3 Å². The monoisotopic (exact) mass is 320 g/mol. The van der Waals surface area contributed by atoms with Gasteiger partial charge in [-0.05, 0) is 24.7 Å². The fourth-order valence-electron chi connectivity index (χ4n) is 2.34. The van der Waals surface area contributed by atoms with Crippen LogP contribution in [0.15, 0.2) is 12.4 Å². The maximum Gasteiger partial charge on any atom is 0.0829 e. The first-order valence-corrected chi connectivity index (χ1v) is 8.38. The summed E-state index contributed by atoms with van der Waals surface area (Å²) >= 11 is 0. The van der Waals surface area contributed by atoms with Gasteiger partial charge < -0.3 is 4.74 Å². The van der Waals surface area contributed by atoms with Gasteiger partial charge in [0.05, 0.1) is 37.7 Å². The van der Waals surface area contributed by atoms with Crippen molar-refractivity contribution in [3.05, 3.63) is 23.8 Å². The third kappa shape index (κ3) is 6.48. The van der Waals surface area contributed by atoms with Crippen LogP contribution in [0.4, 0.5) is 0 Å². The Kier molecular flexibility index (Phi) is 6.70. The first-order chi connectivity index (χ1) is 11.0. The second kappa shape index (κ2) is 8.76. The highest BCUT2D eigenvalue weighted by molar-refractivity contribution is 4.93. The maximum absolute atomic E-state index is 5.64. The van der Waals surface area contributed by atoms with Gasteiger partial charge in [-0.1, -0.05) is 38.1 Å². The molecule has 0 amide bonds. The predicted octanol–water partition coefficient (Wildman–Crippen LogP) is 1.98. The largest absolute Gasteiger partial charge is 0.378 e. The van der Waals surface area contributed by atoms with Crippen molar-refractivity contribution in [3.63, 3.8) is 0 Å². The average molecular weight is 320 g/mol. The standard InChI is InChI=1S/C16H28N6O/c1-13(2)9-15-11-21(19-17-15)5-7-23-8-6-22-12-16(18-20-22)10-14(3)4/h11-14H,5-10H2,1-4H3. The van der Waals surface area contributed by atoms with Gasteiger partial charge in [-0.3, -0.25) is 0 Å². The third-order valence-electron chi connectivity index (χ3n) is 3.34. The highest BCUT2D eigenvalue weighted by atomic mass is 16.5. The Labute approximate surface area is 138 Å². The first kappa shape index (κ1) is 17.6. The van der Waals surface area contributed by atoms with Crippen LogP contribution in [0.2, 0.25) is 0 Å². The Morgan fingerprint density at radius 2 is 1.26 bits per heavy atom. The highest BCUT2D eigenvalue weighted by Crippen LogP contribution is 2.04. The van der Waals surface area contributed by atoms with E-state index in [-0.39, 0.29) is 0 Å². The van der Waals surface area contributed by atoms with Gasteiger partial charge >= 0.3 is 0 Å². The van der Waals surface area contributed by atoms with Crippen LogP contribution in [0.5, 0.6) is 0 Å². The molecule has 7 nitrogen and oxygen atoms in total. The van der Waals surface area contributed by atoms with E-state index in [4.69, 9.17) is 4.74 Å². The fourth-order valence-corrected chi connectivity index (χ4v) is 2.34. The van der Waals surface area contributed by atoms with Crippen molar-refractivity contribution < 1.29 is 4.74 Å². The maximum atomic E-state index is 5.64. The van der Waals surface area contributed by atoms with E-state index in [2.05, 4.69) is 48.3 Å². The number of hydrogen-bond acceptors (Lipinski definition) is 5. The Morgan fingerprint density at radius 3 is 1.65 bits per heavy atom. The average Bonchev–Trinajstić information content (AvgIpc) is 3.07. The number of aromatic nitrogens is 6. The molecule has 0 aliphatic carbocycles. The van der Waals surface area contributed by atoms with Gasteiger partial charge in [0, 0.05) is 12.4 Å². The van der Waals surface area contributed by atoms with E-state index in [1.54, 1.807) is 0 Å². The zero-order valence-electron chi connectivity index (χ0n) is 14.6. The molecule has 23 heavy (non-hydrogen) atoms. The molecule has 0 saturated heterocycles. The summed E-state index contributed by atoms with van der Waals surface area (Å²) in [5.41, 5.74) is 2.08. The van der Waals surface area contributed by atoms with E-state index in [9.17, 15) is 0 Å². The normalized spacial score (nSPS) is 11.7. The lowest BCUT2D eigenvalue weighted by Gasteiger charge is -2.04. The van der Waals surface area contributed by atoms with Crippen LogP contribution in [0.25, 0.3) is 0 Å². The molecule has 0 fully saturated rings. The summed E-state index contributed by atoms with van der Waals surface area (Å²) in [5.74, 6) is 1.19. The predicted molar refractivity (Wildman–Crippen MR) is 87.9 cm³/mol. The zero-order chi connectivity index (χ0) is 16.7. The summed E-state index contributed by atoms with van der Waals surface area (Å²) in [6.07, 6.45) is 5.93. The van der Waals surface area contributed by atoms with Crippen molar-refractivity contribution in [3.8, 4) is 0 Å². The second-order valence-corrected chi connectivity index (χ2v) is 6.75. The number of ether oxygens (including phenoxy) is 1. The Hall–Kier alpha value is -1.76. The minimum absolute atomic E-state index is 0.597. The molecular weight excluding hydrogens is 292 g/mol. The molecule has 0 atom stereocenters. The molecule has 0 bridgehead atoms. The van der Waals surface area contributed by atoms with E-state index in [1.165, 1.54) is 0 Å². The molecular formula is C16H28N6O. The van der Waals surface area contributed by atoms with Crippen LogP contribution in [-0.4, -0.2) is 43.2 Å². The van der Waals surface area contributed by atoms with Crippen molar-refractivity contribution in [2.24, 2.45) is 11.8 Å². The minimum Gasteiger partial charge on any atom is -0.378 e. The van der Waals surface area contributed by atoms with Crippen LogP contribution in [0, 0.1) is 11.8 Å². The summed E-state index contributed by atoms with van der Waals surface area (Å²) in [7, 11) is 0. The molecule has 0 saturated carbocycles. The molecule has 0 N–H and O–H groups in total. The van der Waals surface area contributed by atoms with Crippen molar-refractivity contribution in [1.82, 2.24) is 30.0 Å². The third-order valence-corrected chi connectivity index (χ3v) is 3.34. The van der Waals surface area contributed by atoms with E-state index >= 15 is 0 Å². The summed E-state index contributed by atoms with van der Waals surface area (Å²) < 4.78 is 9.33. The zero-order valence-corrected chi connectivity index (χ0v) is 14.6. The van der Waals surface area contributed by atoms with Gasteiger partial charge in [0.1, 0.15) is 0 Å². The molecule has 2 rings (SSSR count). The lowest BCUT2D eigenvalue weighted by atomic mass is 10.1. The van der Waals surface area contributed by atoms with Crippen molar-refractivity contribution >= 4 is 0 Å². The molecule has 2 aromatic heterocycles. The molecule has 0 aromatic carbocycles. The van der Waals surface area contributed by atoms with Gasteiger partial charge in [-0.25, -0.2) is 9.36 Å². The van der Waals surface area contributed by atoms with Gasteiger partial charge in [-0.15, -0.1) is 10.2 Å². The lowest BCUT2D eigenvalue weighted by molar-refractivity contribution is 0.113. The molecule has 2 heterocycles. The highest BCUT2D eigenvalue weighted by Gasteiger charge is 2.04. The van der Waals surface area contributed by atoms with Gasteiger partial charge in [-0.2, -0.15) is 0 Å². The van der Waals surface area contributed by atoms with Gasteiger partial charge in [0.15, 0.2) is 0 Å². The van der Waals surface area contributed by atoms with Crippen LogP contribution in [-0.2, 0) is 30.7 Å². The van der Waals surface area contributed by atoms with Crippen LogP contribution in [0.3, 0.4) is 0 Å². The Balaban J connectivity index is 1.62. The first-order valence-electron chi connectivity index (χ1n) is 8.38. The summed E-state index contributed by atoms with van der Waals surface area (Å²) in [6, 6.07) is 0. The van der Waals surface area contributed by atoms with Crippen molar-refractivity contribution in [2.75, 3.05) is 13.2 Å². The Morgan fingerprint density at radius 1 is 0.826 bits per heavy atom. The number of nitrogens with zero attached hydrogens (tertiary/aromatic N) is 6.